The Kier molecular flexibility index (Phi) is 3.82. The standard InChI is InChI=1S/C26H19N3O2/c30-25-23(21-12-2-4-15-28-21)24-19-10-5-7-17-8-6-11-20(22(17)19)26(24,31)29(25)16-13-18-9-1-3-14-27-18/h1-12,14-15,31H,13,16H2. The monoisotopic (exact) mass is 405 g/mol. The van der Waals surface area contributed by atoms with Crippen LogP contribution in [0.25, 0.3) is 21.9 Å². The minimum Gasteiger partial charge on any atom is -0.363 e. The van der Waals surface area contributed by atoms with Crippen molar-refractivity contribution in [1.29, 1.82) is 0 Å². The van der Waals surface area contributed by atoms with Gasteiger partial charge in [0.25, 0.3) is 5.91 Å². The summed E-state index contributed by atoms with van der Waals surface area (Å²) in [6, 6.07) is 23.1. The van der Waals surface area contributed by atoms with Crippen LogP contribution in [0.1, 0.15) is 22.5 Å². The van der Waals surface area contributed by atoms with E-state index in [0.717, 1.165) is 27.6 Å². The van der Waals surface area contributed by atoms with Crippen LogP contribution in [0.3, 0.4) is 0 Å². The Morgan fingerprint density at radius 2 is 1.65 bits per heavy atom. The Balaban J connectivity index is 1.57. The molecule has 1 aliphatic carbocycles. The van der Waals surface area contributed by atoms with Crippen molar-refractivity contribution in [2.75, 3.05) is 6.54 Å². The molecule has 1 unspecified atom stereocenters. The van der Waals surface area contributed by atoms with Crippen molar-refractivity contribution in [2.45, 2.75) is 12.1 Å². The molecule has 0 radical (unpaired) electrons. The van der Waals surface area contributed by atoms with Gasteiger partial charge in [-0.15, -0.1) is 0 Å². The van der Waals surface area contributed by atoms with Crippen LogP contribution in [0.2, 0.25) is 0 Å². The number of hydrogen-bond donors (Lipinski definition) is 1. The fourth-order valence-electron chi connectivity index (χ4n) is 4.92. The summed E-state index contributed by atoms with van der Waals surface area (Å²) in [5.74, 6) is -0.210. The van der Waals surface area contributed by atoms with E-state index >= 15 is 0 Å². The minimum atomic E-state index is -1.53. The van der Waals surface area contributed by atoms with Crippen molar-refractivity contribution >= 4 is 27.8 Å². The van der Waals surface area contributed by atoms with Crippen LogP contribution in [0.4, 0.5) is 0 Å². The topological polar surface area (TPSA) is 66.3 Å². The third-order valence-electron chi connectivity index (χ3n) is 6.24. The zero-order valence-electron chi connectivity index (χ0n) is 16.7. The Labute approximate surface area is 179 Å². The number of aromatic nitrogens is 2. The highest BCUT2D eigenvalue weighted by Crippen LogP contribution is 2.57. The lowest BCUT2D eigenvalue weighted by molar-refractivity contribution is -0.140. The Morgan fingerprint density at radius 1 is 0.871 bits per heavy atom. The number of hydrogen-bond acceptors (Lipinski definition) is 4. The maximum Gasteiger partial charge on any atom is 0.259 e. The number of benzene rings is 2. The van der Waals surface area contributed by atoms with Gasteiger partial charge in [-0.05, 0) is 40.6 Å². The molecule has 2 aromatic carbocycles. The highest BCUT2D eigenvalue weighted by Gasteiger charge is 2.56. The van der Waals surface area contributed by atoms with Crippen LogP contribution in [0.15, 0.2) is 85.2 Å². The summed E-state index contributed by atoms with van der Waals surface area (Å²) in [7, 11) is 0. The molecule has 0 saturated heterocycles. The van der Waals surface area contributed by atoms with E-state index in [9.17, 15) is 9.90 Å². The van der Waals surface area contributed by atoms with Gasteiger partial charge in [-0.1, -0.05) is 48.5 Å². The first-order chi connectivity index (χ1) is 15.2. The number of pyridine rings is 2. The van der Waals surface area contributed by atoms with Crippen LogP contribution in [0.5, 0.6) is 0 Å². The lowest BCUT2D eigenvalue weighted by Gasteiger charge is -2.33. The van der Waals surface area contributed by atoms with Crippen LogP contribution in [-0.4, -0.2) is 32.4 Å². The van der Waals surface area contributed by atoms with Crippen molar-refractivity contribution in [2.24, 2.45) is 0 Å². The molecule has 1 atom stereocenters. The summed E-state index contributed by atoms with van der Waals surface area (Å²) in [6.45, 7) is 0.344. The molecule has 31 heavy (non-hydrogen) atoms. The van der Waals surface area contributed by atoms with Crippen LogP contribution >= 0.6 is 0 Å². The molecule has 0 bridgehead atoms. The van der Waals surface area contributed by atoms with Crippen LogP contribution in [0, 0.1) is 0 Å². The van der Waals surface area contributed by atoms with Gasteiger partial charge in [-0.3, -0.25) is 14.8 Å². The smallest absolute Gasteiger partial charge is 0.259 e. The minimum absolute atomic E-state index is 0.210. The summed E-state index contributed by atoms with van der Waals surface area (Å²) < 4.78 is 0. The zero-order chi connectivity index (χ0) is 21.0. The van der Waals surface area contributed by atoms with Gasteiger partial charge in [0.15, 0.2) is 5.72 Å². The number of fused-ring (bicyclic) bond motifs is 3. The third kappa shape index (κ3) is 2.44. The summed E-state index contributed by atoms with van der Waals surface area (Å²) in [5.41, 5.74) is 2.66. The van der Waals surface area contributed by atoms with E-state index in [1.165, 1.54) is 0 Å². The van der Waals surface area contributed by atoms with Gasteiger partial charge in [-0.25, -0.2) is 0 Å². The average molecular weight is 405 g/mol. The molecule has 1 aliphatic heterocycles. The van der Waals surface area contributed by atoms with Gasteiger partial charge in [0.1, 0.15) is 0 Å². The number of rotatable bonds is 4. The van der Waals surface area contributed by atoms with Gasteiger partial charge in [0.2, 0.25) is 0 Å². The van der Waals surface area contributed by atoms with Gasteiger partial charge >= 0.3 is 0 Å². The van der Waals surface area contributed by atoms with Gasteiger partial charge in [0.05, 0.1) is 11.3 Å². The Hall–Kier alpha value is -3.83. The second kappa shape index (κ2) is 6.59. The van der Waals surface area contributed by atoms with Crippen molar-refractivity contribution < 1.29 is 9.90 Å². The number of carbonyl (C=O) groups is 1. The van der Waals surface area contributed by atoms with E-state index in [0.29, 0.717) is 29.8 Å². The van der Waals surface area contributed by atoms with Crippen molar-refractivity contribution in [3.8, 4) is 0 Å². The first-order valence-corrected chi connectivity index (χ1v) is 10.3. The summed E-state index contributed by atoms with van der Waals surface area (Å²) >= 11 is 0. The molecule has 3 heterocycles. The maximum absolute atomic E-state index is 13.7. The van der Waals surface area contributed by atoms with Crippen LogP contribution < -0.4 is 0 Å². The van der Waals surface area contributed by atoms with Gasteiger partial charge in [-0.2, -0.15) is 0 Å². The van der Waals surface area contributed by atoms with Crippen molar-refractivity contribution in [1.82, 2.24) is 14.9 Å². The van der Waals surface area contributed by atoms with Crippen molar-refractivity contribution in [3.63, 3.8) is 0 Å². The fourth-order valence-corrected chi connectivity index (χ4v) is 4.92. The van der Waals surface area contributed by atoms with E-state index in [1.807, 2.05) is 72.8 Å². The molecule has 1 amide bonds. The number of nitrogens with zero attached hydrogens (tertiary/aromatic N) is 3. The predicted octanol–water partition coefficient (Wildman–Crippen LogP) is 3.78. The molecule has 0 saturated carbocycles. The van der Waals surface area contributed by atoms with E-state index in [2.05, 4.69) is 9.97 Å². The van der Waals surface area contributed by atoms with E-state index in [1.54, 1.807) is 17.3 Å². The highest BCUT2D eigenvalue weighted by atomic mass is 16.3. The second-order valence-electron chi connectivity index (χ2n) is 7.87. The average Bonchev–Trinajstić information content (AvgIpc) is 3.20. The van der Waals surface area contributed by atoms with E-state index < -0.39 is 5.72 Å². The lowest BCUT2D eigenvalue weighted by Crippen LogP contribution is -2.45. The highest BCUT2D eigenvalue weighted by molar-refractivity contribution is 6.34. The molecule has 1 N–H and O–H groups in total. The number of aliphatic hydroxyl groups is 1. The summed E-state index contributed by atoms with van der Waals surface area (Å²) in [4.78, 5) is 24.1. The molecule has 2 aromatic heterocycles. The molecule has 5 nitrogen and oxygen atoms in total. The number of amides is 1. The zero-order valence-corrected chi connectivity index (χ0v) is 16.7. The molecular formula is C26H19N3O2. The fraction of sp³-hybridized carbons (Fsp3) is 0.115. The van der Waals surface area contributed by atoms with E-state index in [4.69, 9.17) is 0 Å². The van der Waals surface area contributed by atoms with Crippen LogP contribution in [-0.2, 0) is 16.9 Å². The molecule has 0 spiro atoms. The Morgan fingerprint density at radius 3 is 2.39 bits per heavy atom. The third-order valence-corrected chi connectivity index (χ3v) is 6.24. The number of carbonyl (C=O) groups excluding carboxylic acids is 1. The summed E-state index contributed by atoms with van der Waals surface area (Å²) in [6.07, 6.45) is 3.96. The second-order valence-corrected chi connectivity index (χ2v) is 7.87. The van der Waals surface area contributed by atoms with E-state index in [-0.39, 0.29) is 5.91 Å². The maximum atomic E-state index is 13.7. The Bertz CT molecular complexity index is 1360. The lowest BCUT2D eigenvalue weighted by atomic mass is 9.96. The molecule has 6 rings (SSSR count). The van der Waals surface area contributed by atoms with Gasteiger partial charge < -0.3 is 10.0 Å². The largest absolute Gasteiger partial charge is 0.363 e. The SMILES string of the molecule is O=C1C(c2ccccn2)=C2c3cccc4cccc(c34)C2(O)N1CCc1ccccn1. The molecule has 5 heteroatoms. The molecule has 4 aromatic rings. The molecule has 2 aliphatic rings. The predicted molar refractivity (Wildman–Crippen MR) is 119 cm³/mol. The molecular weight excluding hydrogens is 386 g/mol. The molecule has 150 valence electrons. The van der Waals surface area contributed by atoms with Gasteiger partial charge in [0, 0.05) is 42.2 Å². The first kappa shape index (κ1) is 18.0. The molecule has 0 fully saturated rings. The summed E-state index contributed by atoms with van der Waals surface area (Å²) in [5, 5.41) is 14.2. The van der Waals surface area contributed by atoms with Crippen molar-refractivity contribution in [3.05, 3.63) is 108 Å². The first-order valence-electron chi connectivity index (χ1n) is 10.3. The quantitative estimate of drug-likeness (QED) is 0.561. The normalized spacial score (nSPS) is 19.4.